The summed E-state index contributed by atoms with van der Waals surface area (Å²) < 4.78 is 5.25. The summed E-state index contributed by atoms with van der Waals surface area (Å²) >= 11 is 6.23. The number of carbonyl (C=O) groups is 1. The van der Waals surface area contributed by atoms with E-state index in [0.717, 1.165) is 30.8 Å². The molecule has 4 heteroatoms. The Bertz CT molecular complexity index is 983. The predicted octanol–water partition coefficient (Wildman–Crippen LogP) is 5.75. The normalized spacial score (nSPS) is 12.7. The summed E-state index contributed by atoms with van der Waals surface area (Å²) in [6, 6.07) is 22.6. The van der Waals surface area contributed by atoms with E-state index in [4.69, 9.17) is 16.3 Å². The highest BCUT2D eigenvalue weighted by molar-refractivity contribution is 6.31. The van der Waals surface area contributed by atoms with Crippen molar-refractivity contribution in [2.24, 2.45) is 0 Å². The monoisotopic (exact) mass is 391 g/mol. The van der Waals surface area contributed by atoms with Crippen LogP contribution in [-0.4, -0.2) is 19.1 Å². The van der Waals surface area contributed by atoms with Crippen LogP contribution >= 0.6 is 11.6 Å². The van der Waals surface area contributed by atoms with Gasteiger partial charge in [-0.3, -0.25) is 0 Å². The van der Waals surface area contributed by atoms with Crippen molar-refractivity contribution in [2.75, 3.05) is 18.1 Å². The highest BCUT2D eigenvalue weighted by Gasteiger charge is 2.27. The summed E-state index contributed by atoms with van der Waals surface area (Å²) in [4.78, 5) is 14.7. The molecular formula is C24H22ClNO2. The Balaban J connectivity index is 1.59. The van der Waals surface area contributed by atoms with E-state index in [1.165, 1.54) is 16.7 Å². The minimum absolute atomic E-state index is 0.312. The minimum Gasteiger partial charge on any atom is -0.462 e. The Morgan fingerprint density at radius 1 is 1.04 bits per heavy atom. The van der Waals surface area contributed by atoms with Gasteiger partial charge in [-0.2, -0.15) is 0 Å². The van der Waals surface area contributed by atoms with Gasteiger partial charge in [-0.1, -0.05) is 66.2 Å². The second kappa shape index (κ2) is 8.07. The van der Waals surface area contributed by atoms with Gasteiger partial charge in [0, 0.05) is 18.1 Å². The second-order valence-electron chi connectivity index (χ2n) is 6.92. The van der Waals surface area contributed by atoms with Crippen LogP contribution in [0.5, 0.6) is 0 Å². The summed E-state index contributed by atoms with van der Waals surface area (Å²) in [7, 11) is 0. The zero-order chi connectivity index (χ0) is 19.5. The molecule has 0 aromatic heterocycles. The molecule has 1 aliphatic rings. The van der Waals surface area contributed by atoms with Gasteiger partial charge in [0.2, 0.25) is 0 Å². The average molecular weight is 392 g/mol. The molecule has 1 heterocycles. The lowest BCUT2D eigenvalue weighted by Crippen LogP contribution is -2.22. The first kappa shape index (κ1) is 18.6. The van der Waals surface area contributed by atoms with Crippen LogP contribution in [0.2, 0.25) is 5.02 Å². The number of anilines is 1. The van der Waals surface area contributed by atoms with Crippen LogP contribution in [-0.2, 0) is 17.7 Å². The van der Waals surface area contributed by atoms with Crippen LogP contribution in [0.4, 0.5) is 5.69 Å². The Labute approximate surface area is 170 Å². The number of carbonyl (C=O) groups excluding carboxylic acids is 1. The highest BCUT2D eigenvalue weighted by Crippen LogP contribution is 2.36. The van der Waals surface area contributed by atoms with E-state index in [9.17, 15) is 4.79 Å². The van der Waals surface area contributed by atoms with Gasteiger partial charge in [-0.25, -0.2) is 4.79 Å². The van der Waals surface area contributed by atoms with E-state index in [1.807, 2.05) is 31.2 Å². The summed E-state index contributed by atoms with van der Waals surface area (Å²) in [6.45, 7) is 3.77. The number of ether oxygens (including phenoxy) is 1. The van der Waals surface area contributed by atoms with Gasteiger partial charge in [0.1, 0.15) is 0 Å². The Hall–Kier alpha value is -2.78. The van der Waals surface area contributed by atoms with Crippen molar-refractivity contribution in [1.29, 1.82) is 0 Å². The molecule has 1 aliphatic heterocycles. The maximum atomic E-state index is 12.4. The third kappa shape index (κ3) is 3.76. The molecule has 0 aliphatic carbocycles. The van der Waals surface area contributed by atoms with Crippen LogP contribution in [0.1, 0.15) is 28.4 Å². The fourth-order valence-corrected chi connectivity index (χ4v) is 4.00. The smallest absolute Gasteiger partial charge is 0.340 e. The third-order valence-electron chi connectivity index (χ3n) is 5.05. The van der Waals surface area contributed by atoms with Crippen LogP contribution < -0.4 is 4.90 Å². The van der Waals surface area contributed by atoms with Gasteiger partial charge in [0.05, 0.1) is 17.9 Å². The molecule has 4 rings (SSSR count). The lowest BCUT2D eigenvalue weighted by molar-refractivity contribution is 0.0527. The quantitative estimate of drug-likeness (QED) is 0.519. The molecule has 142 valence electrons. The SMILES string of the molecule is CCOC(=O)c1cc(Cl)cc2c1N(Cc1ccc(-c3ccccc3)cc1)CC2. The number of halogens is 1. The van der Waals surface area contributed by atoms with Crippen molar-refractivity contribution in [3.63, 3.8) is 0 Å². The molecular weight excluding hydrogens is 370 g/mol. The van der Waals surface area contributed by atoms with Gasteiger partial charge in [0.25, 0.3) is 0 Å². The standard InChI is InChI=1S/C24H22ClNO2/c1-2-28-24(27)22-15-21(25)14-20-12-13-26(23(20)22)16-17-8-10-19(11-9-17)18-6-4-3-5-7-18/h3-11,14-15H,2,12-13,16H2,1H3. The highest BCUT2D eigenvalue weighted by atomic mass is 35.5. The average Bonchev–Trinajstić information content (AvgIpc) is 3.11. The van der Waals surface area contributed by atoms with E-state index in [1.54, 1.807) is 6.07 Å². The number of hydrogen-bond donors (Lipinski definition) is 0. The fraction of sp³-hybridized carbons (Fsp3) is 0.208. The zero-order valence-electron chi connectivity index (χ0n) is 15.8. The predicted molar refractivity (Wildman–Crippen MR) is 114 cm³/mol. The topological polar surface area (TPSA) is 29.5 Å². The lowest BCUT2D eigenvalue weighted by Gasteiger charge is -2.22. The number of hydrogen-bond acceptors (Lipinski definition) is 3. The largest absolute Gasteiger partial charge is 0.462 e. The molecule has 0 saturated heterocycles. The van der Waals surface area contributed by atoms with Crippen LogP contribution in [0.15, 0.2) is 66.7 Å². The van der Waals surface area contributed by atoms with Gasteiger partial charge in [-0.15, -0.1) is 0 Å². The molecule has 0 radical (unpaired) electrons. The summed E-state index contributed by atoms with van der Waals surface area (Å²) in [5.41, 5.74) is 6.23. The summed E-state index contributed by atoms with van der Waals surface area (Å²) in [5, 5.41) is 0.580. The molecule has 3 nitrogen and oxygen atoms in total. The first-order valence-electron chi connectivity index (χ1n) is 9.54. The first-order valence-corrected chi connectivity index (χ1v) is 9.92. The van der Waals surface area contributed by atoms with Gasteiger partial charge in [-0.05, 0) is 47.7 Å². The molecule has 0 bridgehead atoms. The van der Waals surface area contributed by atoms with Crippen molar-refractivity contribution in [2.45, 2.75) is 19.9 Å². The van der Waals surface area contributed by atoms with Crippen LogP contribution in [0.25, 0.3) is 11.1 Å². The molecule has 0 fully saturated rings. The lowest BCUT2D eigenvalue weighted by atomic mass is 10.0. The number of esters is 1. The van der Waals surface area contributed by atoms with E-state index >= 15 is 0 Å². The molecule has 3 aromatic carbocycles. The number of nitrogens with zero attached hydrogens (tertiary/aromatic N) is 1. The molecule has 0 spiro atoms. The molecule has 0 saturated carbocycles. The van der Waals surface area contributed by atoms with Gasteiger partial charge < -0.3 is 9.64 Å². The first-order chi connectivity index (χ1) is 13.7. The van der Waals surface area contributed by atoms with Crippen molar-refractivity contribution >= 4 is 23.3 Å². The molecule has 3 aromatic rings. The van der Waals surface area contributed by atoms with Gasteiger partial charge in [0.15, 0.2) is 0 Å². The van der Waals surface area contributed by atoms with Crippen molar-refractivity contribution in [3.05, 3.63) is 88.4 Å². The number of rotatable bonds is 5. The number of fused-ring (bicyclic) bond motifs is 1. The van der Waals surface area contributed by atoms with E-state index < -0.39 is 0 Å². The Morgan fingerprint density at radius 2 is 1.75 bits per heavy atom. The minimum atomic E-state index is -0.312. The van der Waals surface area contributed by atoms with Crippen LogP contribution in [0.3, 0.4) is 0 Å². The summed E-state index contributed by atoms with van der Waals surface area (Å²) in [5.74, 6) is -0.312. The van der Waals surface area contributed by atoms with Crippen molar-refractivity contribution < 1.29 is 9.53 Å². The maximum Gasteiger partial charge on any atom is 0.340 e. The zero-order valence-corrected chi connectivity index (χ0v) is 16.6. The molecule has 0 unspecified atom stereocenters. The fourth-order valence-electron chi connectivity index (χ4n) is 3.76. The summed E-state index contributed by atoms with van der Waals surface area (Å²) in [6.07, 6.45) is 0.879. The second-order valence-corrected chi connectivity index (χ2v) is 7.35. The Morgan fingerprint density at radius 3 is 2.46 bits per heavy atom. The molecule has 28 heavy (non-hydrogen) atoms. The van der Waals surface area contributed by atoms with Crippen molar-refractivity contribution in [3.8, 4) is 11.1 Å². The number of benzene rings is 3. The molecule has 0 atom stereocenters. The maximum absolute atomic E-state index is 12.4. The molecule has 0 amide bonds. The Kier molecular flexibility index (Phi) is 5.36. The third-order valence-corrected chi connectivity index (χ3v) is 5.27. The van der Waals surface area contributed by atoms with Gasteiger partial charge >= 0.3 is 5.97 Å². The van der Waals surface area contributed by atoms with Crippen LogP contribution in [0, 0.1) is 0 Å². The van der Waals surface area contributed by atoms with E-state index in [2.05, 4.69) is 41.3 Å². The van der Waals surface area contributed by atoms with E-state index in [-0.39, 0.29) is 5.97 Å². The van der Waals surface area contributed by atoms with E-state index in [0.29, 0.717) is 17.2 Å². The molecule has 0 N–H and O–H groups in total. The van der Waals surface area contributed by atoms with Crippen molar-refractivity contribution in [1.82, 2.24) is 0 Å².